The fourth-order valence-electron chi connectivity index (χ4n) is 3.55. The third-order valence-corrected chi connectivity index (χ3v) is 4.66. The quantitative estimate of drug-likeness (QED) is 0.906. The molecule has 1 fully saturated rings. The van der Waals surface area contributed by atoms with Crippen LogP contribution in [0.5, 0.6) is 0 Å². The topological polar surface area (TPSA) is 42.2 Å². The van der Waals surface area contributed by atoms with Crippen LogP contribution in [0.1, 0.15) is 45.1 Å². The molecule has 2 rings (SSSR count). The zero-order valence-corrected chi connectivity index (χ0v) is 12.5. The summed E-state index contributed by atoms with van der Waals surface area (Å²) >= 11 is 0. The Morgan fingerprint density at radius 3 is 2.53 bits per heavy atom. The van der Waals surface area contributed by atoms with Crippen LogP contribution in [0.15, 0.2) is 24.5 Å². The van der Waals surface area contributed by atoms with Crippen molar-refractivity contribution in [1.82, 2.24) is 9.88 Å². The lowest BCUT2D eigenvalue weighted by Crippen LogP contribution is -2.55. The maximum absolute atomic E-state index is 6.16. The summed E-state index contributed by atoms with van der Waals surface area (Å²) in [4.78, 5) is 6.54. The molecule has 19 heavy (non-hydrogen) atoms. The molecule has 1 aliphatic rings. The van der Waals surface area contributed by atoms with Crippen molar-refractivity contribution < 1.29 is 0 Å². The van der Waals surface area contributed by atoms with Crippen molar-refractivity contribution >= 4 is 0 Å². The minimum atomic E-state index is 0.158. The summed E-state index contributed by atoms with van der Waals surface area (Å²) in [6.07, 6.45) is 8.74. The summed E-state index contributed by atoms with van der Waals surface area (Å²) in [5, 5.41) is 0. The number of hydrogen-bond acceptors (Lipinski definition) is 3. The van der Waals surface area contributed by atoms with Crippen LogP contribution in [0.25, 0.3) is 0 Å². The highest BCUT2D eigenvalue weighted by Gasteiger charge is 2.41. The highest BCUT2D eigenvalue weighted by atomic mass is 15.2. The molecule has 1 aromatic heterocycles. The van der Waals surface area contributed by atoms with Crippen molar-refractivity contribution in [2.24, 2.45) is 11.1 Å². The number of aromatic nitrogens is 1. The highest BCUT2D eigenvalue weighted by Crippen LogP contribution is 2.43. The van der Waals surface area contributed by atoms with Gasteiger partial charge in [-0.15, -0.1) is 0 Å². The van der Waals surface area contributed by atoms with E-state index in [0.717, 1.165) is 13.1 Å². The Labute approximate surface area is 117 Å². The van der Waals surface area contributed by atoms with Crippen LogP contribution in [0, 0.1) is 5.41 Å². The molecule has 1 unspecified atom stereocenters. The Hall–Kier alpha value is -0.930. The Kier molecular flexibility index (Phi) is 4.26. The average molecular weight is 261 g/mol. The number of rotatable bonds is 4. The molecular weight excluding hydrogens is 234 g/mol. The third-order valence-electron chi connectivity index (χ3n) is 4.66. The summed E-state index contributed by atoms with van der Waals surface area (Å²) in [5.74, 6) is 0. The molecule has 3 nitrogen and oxygen atoms in total. The van der Waals surface area contributed by atoms with Crippen LogP contribution in [0.4, 0.5) is 0 Å². The van der Waals surface area contributed by atoms with Crippen molar-refractivity contribution in [2.75, 3.05) is 13.6 Å². The van der Waals surface area contributed by atoms with E-state index in [1.807, 2.05) is 12.4 Å². The lowest BCUT2D eigenvalue weighted by Gasteiger charge is -2.49. The van der Waals surface area contributed by atoms with E-state index in [-0.39, 0.29) is 5.54 Å². The number of likely N-dealkylation sites (N-methyl/N-ethyl adjacent to an activating group) is 1. The summed E-state index contributed by atoms with van der Waals surface area (Å²) in [7, 11) is 2.22. The van der Waals surface area contributed by atoms with Gasteiger partial charge in [0, 0.05) is 31.0 Å². The number of pyridine rings is 1. The van der Waals surface area contributed by atoms with E-state index in [4.69, 9.17) is 5.73 Å². The molecule has 0 aliphatic heterocycles. The molecule has 1 aliphatic carbocycles. The molecule has 0 aromatic carbocycles. The number of hydrogen-bond donors (Lipinski definition) is 1. The molecule has 1 saturated carbocycles. The van der Waals surface area contributed by atoms with Crippen molar-refractivity contribution in [3.8, 4) is 0 Å². The molecule has 0 spiro atoms. The normalized spacial score (nSPS) is 26.6. The van der Waals surface area contributed by atoms with Crippen LogP contribution in [0.2, 0.25) is 0 Å². The standard InChI is InChI=1S/C16H27N3/c1-15(2)7-4-8-16(12-15,13-17)19(3)11-14-5-9-18-10-6-14/h5-6,9-10H,4,7-8,11-13,17H2,1-3H3. The van der Waals surface area contributed by atoms with E-state index in [0.29, 0.717) is 5.41 Å². The SMILES string of the molecule is CN(Cc1ccncc1)C1(CN)CCCC(C)(C)C1. The smallest absolute Gasteiger partial charge is 0.0337 e. The van der Waals surface area contributed by atoms with Gasteiger partial charge >= 0.3 is 0 Å². The van der Waals surface area contributed by atoms with Gasteiger partial charge in [0.05, 0.1) is 0 Å². The van der Waals surface area contributed by atoms with Gasteiger partial charge in [-0.3, -0.25) is 9.88 Å². The zero-order valence-electron chi connectivity index (χ0n) is 12.5. The largest absolute Gasteiger partial charge is 0.329 e. The molecule has 1 heterocycles. The molecule has 3 heteroatoms. The lowest BCUT2D eigenvalue weighted by atomic mass is 9.67. The molecule has 0 amide bonds. The predicted molar refractivity (Wildman–Crippen MR) is 79.7 cm³/mol. The van der Waals surface area contributed by atoms with Crippen molar-refractivity contribution in [2.45, 2.75) is 51.6 Å². The fraction of sp³-hybridized carbons (Fsp3) is 0.688. The summed E-state index contributed by atoms with van der Waals surface area (Å²) in [5.41, 5.74) is 8.04. The van der Waals surface area contributed by atoms with Gasteiger partial charge in [-0.05, 0) is 49.4 Å². The summed E-state index contributed by atoms with van der Waals surface area (Å²) in [6, 6.07) is 4.18. The van der Waals surface area contributed by atoms with Crippen molar-refractivity contribution in [1.29, 1.82) is 0 Å². The monoisotopic (exact) mass is 261 g/mol. The van der Waals surface area contributed by atoms with Crippen LogP contribution in [-0.4, -0.2) is 29.0 Å². The van der Waals surface area contributed by atoms with E-state index in [1.165, 1.54) is 31.2 Å². The van der Waals surface area contributed by atoms with E-state index >= 15 is 0 Å². The Balaban J connectivity index is 2.12. The Morgan fingerprint density at radius 1 is 1.26 bits per heavy atom. The minimum Gasteiger partial charge on any atom is -0.329 e. The van der Waals surface area contributed by atoms with Crippen LogP contribution in [-0.2, 0) is 6.54 Å². The number of nitrogens with zero attached hydrogens (tertiary/aromatic N) is 2. The predicted octanol–water partition coefficient (Wildman–Crippen LogP) is 2.81. The first kappa shape index (κ1) is 14.5. The van der Waals surface area contributed by atoms with Gasteiger partial charge < -0.3 is 5.73 Å². The molecule has 106 valence electrons. The zero-order chi connectivity index (χ0) is 13.9. The fourth-order valence-corrected chi connectivity index (χ4v) is 3.55. The summed E-state index contributed by atoms with van der Waals surface area (Å²) < 4.78 is 0. The molecule has 2 N–H and O–H groups in total. The highest BCUT2D eigenvalue weighted by molar-refractivity contribution is 5.11. The van der Waals surface area contributed by atoms with Crippen LogP contribution in [0.3, 0.4) is 0 Å². The number of nitrogens with two attached hydrogens (primary N) is 1. The lowest BCUT2D eigenvalue weighted by molar-refractivity contribution is 0.0223. The minimum absolute atomic E-state index is 0.158. The molecular formula is C16H27N3. The van der Waals surface area contributed by atoms with E-state index < -0.39 is 0 Å². The first-order valence-corrected chi connectivity index (χ1v) is 7.28. The van der Waals surface area contributed by atoms with Crippen molar-refractivity contribution in [3.63, 3.8) is 0 Å². The second-order valence-corrected chi connectivity index (χ2v) is 6.83. The third kappa shape index (κ3) is 3.34. The average Bonchev–Trinajstić information content (AvgIpc) is 2.38. The van der Waals surface area contributed by atoms with Gasteiger partial charge in [-0.1, -0.05) is 20.3 Å². The molecule has 0 bridgehead atoms. The summed E-state index contributed by atoms with van der Waals surface area (Å²) in [6.45, 7) is 6.45. The van der Waals surface area contributed by atoms with Gasteiger partial charge in [0.1, 0.15) is 0 Å². The first-order valence-electron chi connectivity index (χ1n) is 7.28. The van der Waals surface area contributed by atoms with Crippen LogP contribution >= 0.6 is 0 Å². The second kappa shape index (κ2) is 5.59. The maximum atomic E-state index is 6.16. The van der Waals surface area contributed by atoms with E-state index in [1.54, 1.807) is 0 Å². The van der Waals surface area contributed by atoms with Gasteiger partial charge in [0.25, 0.3) is 0 Å². The maximum Gasteiger partial charge on any atom is 0.0337 e. The van der Waals surface area contributed by atoms with Gasteiger partial charge in [-0.2, -0.15) is 0 Å². The Morgan fingerprint density at radius 2 is 1.95 bits per heavy atom. The first-order chi connectivity index (χ1) is 8.97. The van der Waals surface area contributed by atoms with Gasteiger partial charge in [0.2, 0.25) is 0 Å². The van der Waals surface area contributed by atoms with E-state index in [2.05, 4.69) is 42.9 Å². The van der Waals surface area contributed by atoms with E-state index in [9.17, 15) is 0 Å². The second-order valence-electron chi connectivity index (χ2n) is 6.83. The van der Waals surface area contributed by atoms with Gasteiger partial charge in [0.15, 0.2) is 0 Å². The van der Waals surface area contributed by atoms with Gasteiger partial charge in [-0.25, -0.2) is 0 Å². The van der Waals surface area contributed by atoms with Crippen LogP contribution < -0.4 is 5.73 Å². The van der Waals surface area contributed by atoms with Crippen molar-refractivity contribution in [3.05, 3.63) is 30.1 Å². The molecule has 0 radical (unpaired) electrons. The molecule has 1 aromatic rings. The Bertz CT molecular complexity index is 402. The molecule has 1 atom stereocenters. The molecule has 0 saturated heterocycles.